The minimum atomic E-state index is -0.0322. The molecule has 96 valence electrons. The standard InChI is InChI=1S/C12H19ClN2O2/c1-3-17-7-6-11(15-14)10-8-9(13)4-5-12(10)16-2/h4-5,8,11,15H,3,6-7,14H2,1-2H3. The summed E-state index contributed by atoms with van der Waals surface area (Å²) in [7, 11) is 1.63. The molecular formula is C12H19ClN2O2. The van der Waals surface area contributed by atoms with Crippen LogP contribution in [0.2, 0.25) is 5.02 Å². The third-order valence-corrected chi connectivity index (χ3v) is 2.76. The van der Waals surface area contributed by atoms with Crippen molar-refractivity contribution in [1.82, 2.24) is 5.43 Å². The topological polar surface area (TPSA) is 56.5 Å². The van der Waals surface area contributed by atoms with Gasteiger partial charge < -0.3 is 9.47 Å². The second-order valence-corrected chi connectivity index (χ2v) is 4.03. The van der Waals surface area contributed by atoms with Gasteiger partial charge in [-0.25, -0.2) is 0 Å². The van der Waals surface area contributed by atoms with Crippen LogP contribution < -0.4 is 16.0 Å². The van der Waals surface area contributed by atoms with Crippen molar-refractivity contribution in [3.05, 3.63) is 28.8 Å². The smallest absolute Gasteiger partial charge is 0.123 e. The number of hydrazine groups is 1. The molecule has 5 heteroatoms. The summed E-state index contributed by atoms with van der Waals surface area (Å²) in [5.74, 6) is 6.33. The quantitative estimate of drug-likeness (QED) is 0.448. The summed E-state index contributed by atoms with van der Waals surface area (Å²) in [5, 5.41) is 0.664. The summed E-state index contributed by atoms with van der Waals surface area (Å²) in [6.45, 7) is 3.30. The second-order valence-electron chi connectivity index (χ2n) is 3.59. The van der Waals surface area contributed by atoms with E-state index in [1.54, 1.807) is 13.2 Å². The Kier molecular flexibility index (Phi) is 6.29. The van der Waals surface area contributed by atoms with Crippen LogP contribution in [0, 0.1) is 0 Å². The molecule has 1 unspecified atom stereocenters. The fourth-order valence-corrected chi connectivity index (χ4v) is 1.83. The number of rotatable bonds is 7. The Morgan fingerprint density at radius 1 is 1.47 bits per heavy atom. The predicted octanol–water partition coefficient (Wildman–Crippen LogP) is 2.28. The summed E-state index contributed by atoms with van der Waals surface area (Å²) in [5.41, 5.74) is 3.71. The minimum absolute atomic E-state index is 0.0322. The molecule has 1 aromatic carbocycles. The first kappa shape index (κ1) is 14.3. The highest BCUT2D eigenvalue weighted by Gasteiger charge is 2.15. The van der Waals surface area contributed by atoms with E-state index < -0.39 is 0 Å². The van der Waals surface area contributed by atoms with Gasteiger partial charge in [-0.15, -0.1) is 0 Å². The fourth-order valence-electron chi connectivity index (χ4n) is 1.65. The molecule has 0 aromatic heterocycles. The third-order valence-electron chi connectivity index (χ3n) is 2.52. The van der Waals surface area contributed by atoms with E-state index in [1.807, 2.05) is 19.1 Å². The normalized spacial score (nSPS) is 12.5. The van der Waals surface area contributed by atoms with Crippen LogP contribution in [-0.4, -0.2) is 20.3 Å². The Morgan fingerprint density at radius 2 is 2.24 bits per heavy atom. The SMILES string of the molecule is CCOCCC(NN)c1cc(Cl)ccc1OC. The lowest BCUT2D eigenvalue weighted by molar-refractivity contribution is 0.136. The minimum Gasteiger partial charge on any atom is -0.496 e. The monoisotopic (exact) mass is 258 g/mol. The van der Waals surface area contributed by atoms with Crippen molar-refractivity contribution >= 4 is 11.6 Å². The highest BCUT2D eigenvalue weighted by atomic mass is 35.5. The number of benzene rings is 1. The van der Waals surface area contributed by atoms with Gasteiger partial charge >= 0.3 is 0 Å². The summed E-state index contributed by atoms with van der Waals surface area (Å²) in [6.07, 6.45) is 0.765. The molecule has 1 atom stereocenters. The first-order valence-corrected chi connectivity index (χ1v) is 5.98. The summed E-state index contributed by atoms with van der Waals surface area (Å²) >= 11 is 5.98. The van der Waals surface area contributed by atoms with Gasteiger partial charge in [0.2, 0.25) is 0 Å². The first-order chi connectivity index (χ1) is 8.22. The Morgan fingerprint density at radius 3 is 2.82 bits per heavy atom. The number of hydrogen-bond acceptors (Lipinski definition) is 4. The lowest BCUT2D eigenvalue weighted by Gasteiger charge is -2.19. The van der Waals surface area contributed by atoms with Crippen LogP contribution in [0.3, 0.4) is 0 Å². The highest BCUT2D eigenvalue weighted by Crippen LogP contribution is 2.29. The van der Waals surface area contributed by atoms with Crippen molar-refractivity contribution in [3.8, 4) is 5.75 Å². The van der Waals surface area contributed by atoms with Crippen LogP contribution in [0.4, 0.5) is 0 Å². The number of ether oxygens (including phenoxy) is 2. The zero-order chi connectivity index (χ0) is 12.7. The zero-order valence-electron chi connectivity index (χ0n) is 10.2. The first-order valence-electron chi connectivity index (χ1n) is 5.60. The molecule has 0 saturated carbocycles. The van der Waals surface area contributed by atoms with Crippen molar-refractivity contribution in [2.24, 2.45) is 5.84 Å². The Labute approximate surface area is 107 Å². The molecule has 0 bridgehead atoms. The molecule has 0 aliphatic carbocycles. The molecule has 4 nitrogen and oxygen atoms in total. The van der Waals surface area contributed by atoms with E-state index in [4.69, 9.17) is 26.9 Å². The maximum absolute atomic E-state index is 5.98. The van der Waals surface area contributed by atoms with Crippen molar-refractivity contribution in [3.63, 3.8) is 0 Å². The van der Waals surface area contributed by atoms with Gasteiger partial charge in [0.15, 0.2) is 0 Å². The van der Waals surface area contributed by atoms with Gasteiger partial charge in [0.25, 0.3) is 0 Å². The summed E-state index contributed by atoms with van der Waals surface area (Å²) in [4.78, 5) is 0. The molecule has 0 aliphatic rings. The lowest BCUT2D eigenvalue weighted by atomic mass is 10.0. The lowest BCUT2D eigenvalue weighted by Crippen LogP contribution is -2.29. The van der Waals surface area contributed by atoms with Crippen molar-refractivity contribution < 1.29 is 9.47 Å². The van der Waals surface area contributed by atoms with Crippen LogP contribution in [-0.2, 0) is 4.74 Å². The van der Waals surface area contributed by atoms with Crippen LogP contribution >= 0.6 is 11.6 Å². The van der Waals surface area contributed by atoms with E-state index in [1.165, 1.54) is 0 Å². The molecule has 3 N–H and O–H groups in total. The Balaban J connectivity index is 2.82. The van der Waals surface area contributed by atoms with Crippen molar-refractivity contribution in [2.75, 3.05) is 20.3 Å². The molecule has 0 spiro atoms. The number of halogens is 1. The Bertz CT molecular complexity index is 347. The van der Waals surface area contributed by atoms with E-state index in [-0.39, 0.29) is 6.04 Å². The van der Waals surface area contributed by atoms with E-state index in [2.05, 4.69) is 5.43 Å². The molecule has 0 saturated heterocycles. The molecule has 1 aromatic rings. The molecule has 0 heterocycles. The maximum Gasteiger partial charge on any atom is 0.123 e. The Hall–Kier alpha value is -0.810. The van der Waals surface area contributed by atoms with E-state index in [0.29, 0.717) is 18.2 Å². The fraction of sp³-hybridized carbons (Fsp3) is 0.500. The average molecular weight is 259 g/mol. The van der Waals surface area contributed by atoms with Crippen LogP contribution in [0.25, 0.3) is 0 Å². The number of hydrogen-bond donors (Lipinski definition) is 2. The van der Waals surface area contributed by atoms with E-state index in [9.17, 15) is 0 Å². The van der Waals surface area contributed by atoms with Gasteiger partial charge in [-0.3, -0.25) is 11.3 Å². The zero-order valence-corrected chi connectivity index (χ0v) is 11.0. The van der Waals surface area contributed by atoms with E-state index in [0.717, 1.165) is 17.7 Å². The number of nitrogens with two attached hydrogens (primary N) is 1. The van der Waals surface area contributed by atoms with Gasteiger partial charge in [0, 0.05) is 23.8 Å². The van der Waals surface area contributed by atoms with Crippen LogP contribution in [0.15, 0.2) is 18.2 Å². The summed E-state index contributed by atoms with van der Waals surface area (Å²) in [6, 6.07) is 5.45. The number of methoxy groups -OCH3 is 1. The molecule has 0 fully saturated rings. The average Bonchev–Trinajstić information content (AvgIpc) is 2.35. The maximum atomic E-state index is 5.98. The molecule has 17 heavy (non-hydrogen) atoms. The predicted molar refractivity (Wildman–Crippen MR) is 69.2 cm³/mol. The van der Waals surface area contributed by atoms with Gasteiger partial charge in [0.05, 0.1) is 13.2 Å². The second kappa shape index (κ2) is 7.50. The molecule has 1 rings (SSSR count). The largest absolute Gasteiger partial charge is 0.496 e. The van der Waals surface area contributed by atoms with Gasteiger partial charge in [-0.1, -0.05) is 11.6 Å². The van der Waals surface area contributed by atoms with E-state index >= 15 is 0 Å². The molecule has 0 radical (unpaired) electrons. The van der Waals surface area contributed by atoms with Crippen molar-refractivity contribution in [1.29, 1.82) is 0 Å². The number of nitrogens with one attached hydrogen (secondary N) is 1. The highest BCUT2D eigenvalue weighted by molar-refractivity contribution is 6.30. The van der Waals surface area contributed by atoms with Gasteiger partial charge in [-0.05, 0) is 31.5 Å². The molecule has 0 aliphatic heterocycles. The van der Waals surface area contributed by atoms with Gasteiger partial charge in [0.1, 0.15) is 5.75 Å². The van der Waals surface area contributed by atoms with Gasteiger partial charge in [-0.2, -0.15) is 0 Å². The van der Waals surface area contributed by atoms with Crippen molar-refractivity contribution in [2.45, 2.75) is 19.4 Å². The summed E-state index contributed by atoms with van der Waals surface area (Å²) < 4.78 is 10.6. The van der Waals surface area contributed by atoms with Crippen LogP contribution in [0.1, 0.15) is 24.9 Å². The molecular weight excluding hydrogens is 240 g/mol. The van der Waals surface area contributed by atoms with Crippen LogP contribution in [0.5, 0.6) is 5.75 Å². The third kappa shape index (κ3) is 4.16. The molecule has 0 amide bonds.